The number of benzene rings is 3. The van der Waals surface area contributed by atoms with Gasteiger partial charge in [0.25, 0.3) is 0 Å². The summed E-state index contributed by atoms with van der Waals surface area (Å²) in [6.45, 7) is 9.32. The van der Waals surface area contributed by atoms with Crippen LogP contribution in [0.4, 0.5) is 0 Å². The molecule has 0 unspecified atom stereocenters. The van der Waals surface area contributed by atoms with Crippen molar-refractivity contribution >= 4 is 27.5 Å². The number of ketones is 1. The van der Waals surface area contributed by atoms with Gasteiger partial charge in [0.1, 0.15) is 0 Å². The van der Waals surface area contributed by atoms with Gasteiger partial charge in [0.05, 0.1) is 12.6 Å². The summed E-state index contributed by atoms with van der Waals surface area (Å²) in [6, 6.07) is 22.6. The Morgan fingerprint density at radius 3 is 2.50 bits per heavy atom. The third-order valence-corrected chi connectivity index (χ3v) is 5.85. The molecule has 1 heterocycles. The van der Waals surface area contributed by atoms with Crippen molar-refractivity contribution in [2.75, 3.05) is 0 Å². The first-order valence-corrected chi connectivity index (χ1v) is 10.4. The van der Waals surface area contributed by atoms with Crippen molar-refractivity contribution in [2.45, 2.75) is 40.0 Å². The molecule has 3 nitrogen and oxygen atoms in total. The molecular weight excluding hydrogens is 575 g/mol. The molecule has 1 aliphatic rings. The molecule has 0 spiro atoms. The number of allylic oxidation sites excluding steroid dienone is 2. The number of pyridine rings is 1. The Balaban J connectivity index is 0.000000297. The van der Waals surface area contributed by atoms with Crippen LogP contribution in [-0.4, -0.2) is 15.9 Å². The van der Waals surface area contributed by atoms with Gasteiger partial charge in [0.15, 0.2) is 5.78 Å². The molecule has 1 N–H and O–H groups in total. The largest absolute Gasteiger partial charge is 0.512 e. The van der Waals surface area contributed by atoms with Crippen molar-refractivity contribution in [1.29, 1.82) is 0 Å². The van der Waals surface area contributed by atoms with Gasteiger partial charge in [-0.1, -0.05) is 66.8 Å². The summed E-state index contributed by atoms with van der Waals surface area (Å²) in [4.78, 5) is 15.2. The topological polar surface area (TPSA) is 50.2 Å². The Morgan fingerprint density at radius 2 is 1.84 bits per heavy atom. The smallest absolute Gasteiger partial charge is 0.155 e. The number of hydrogen-bond acceptors (Lipinski definition) is 3. The quantitative estimate of drug-likeness (QED) is 0.148. The van der Waals surface area contributed by atoms with E-state index in [1.54, 1.807) is 0 Å². The Bertz CT molecular complexity index is 1410. The predicted molar refractivity (Wildman–Crippen MR) is 127 cm³/mol. The molecule has 4 heteroatoms. The number of rotatable bonds is 1. The first-order chi connectivity index (χ1) is 15.1. The molecule has 0 fully saturated rings. The van der Waals surface area contributed by atoms with Crippen LogP contribution in [0.5, 0.6) is 0 Å². The number of fused-ring (bicyclic) bond motifs is 3. The molecular formula is C28H26IrNO2-. The van der Waals surface area contributed by atoms with Crippen LogP contribution in [-0.2, 0) is 30.3 Å². The molecule has 0 saturated heterocycles. The molecule has 0 aliphatic heterocycles. The van der Waals surface area contributed by atoms with Crippen molar-refractivity contribution in [2.24, 2.45) is 0 Å². The van der Waals surface area contributed by atoms with E-state index < -0.39 is 5.78 Å². The summed E-state index contributed by atoms with van der Waals surface area (Å²) < 4.78 is 6.76. The third kappa shape index (κ3) is 4.13. The fourth-order valence-electron chi connectivity index (χ4n) is 4.39. The zero-order valence-electron chi connectivity index (χ0n) is 19.8. The fraction of sp³-hybridized carbons (Fsp3) is 0.214. The van der Waals surface area contributed by atoms with Crippen LogP contribution in [0.25, 0.3) is 32.9 Å². The number of carbonyl (C=O) groups excluding carboxylic acids is 1. The number of hydrogen-bond donors (Lipinski definition) is 1. The van der Waals surface area contributed by atoms with Crippen LogP contribution in [0.3, 0.4) is 0 Å². The van der Waals surface area contributed by atoms with Crippen molar-refractivity contribution in [3.8, 4) is 11.3 Å². The second-order valence-corrected chi connectivity index (χ2v) is 8.54. The van der Waals surface area contributed by atoms with Crippen LogP contribution in [0.2, 0.25) is 0 Å². The van der Waals surface area contributed by atoms with Crippen LogP contribution >= 0.6 is 0 Å². The average molecular weight is 602 g/mol. The van der Waals surface area contributed by atoms with E-state index in [9.17, 15) is 4.79 Å². The van der Waals surface area contributed by atoms with Crippen molar-refractivity contribution in [1.82, 2.24) is 4.98 Å². The first kappa shape index (κ1) is 22.4. The number of nitrogens with zero attached hydrogens (tertiary/aromatic N) is 1. The van der Waals surface area contributed by atoms with E-state index in [-0.39, 0.29) is 37.3 Å². The Kier molecular flexibility index (Phi) is 6.28. The summed E-state index contributed by atoms with van der Waals surface area (Å²) in [6.07, 6.45) is 0. The second kappa shape index (κ2) is 8.97. The molecule has 0 bridgehead atoms. The maximum absolute atomic E-state index is 10.2. The Morgan fingerprint density at radius 1 is 1.12 bits per heavy atom. The number of aliphatic hydroxyl groups excluding tert-OH is 1. The van der Waals surface area contributed by atoms with Gasteiger partial charge in [0, 0.05) is 37.0 Å². The van der Waals surface area contributed by atoms with E-state index in [1.807, 2.05) is 6.07 Å². The monoisotopic (exact) mass is 602 g/mol. The van der Waals surface area contributed by atoms with E-state index in [2.05, 4.69) is 75.4 Å². The molecule has 1 aliphatic carbocycles. The van der Waals surface area contributed by atoms with Crippen molar-refractivity contribution in [3.05, 3.63) is 89.2 Å². The van der Waals surface area contributed by atoms with Gasteiger partial charge in [-0.15, -0.1) is 29.1 Å². The predicted octanol–water partition coefficient (Wildman–Crippen LogP) is 6.84. The van der Waals surface area contributed by atoms with Crippen LogP contribution in [0.1, 0.15) is 45.8 Å². The standard InChI is InChI=1S/C23H18N.C5H8O2.Ir/c1-14-7-4-12-20-17(14)13-19-22(24-20)16-10-5-8-15-9-6-11-18(21(15)16)23(19,2)3;1-4(6)3-5(2)7;/h4-9,11-13H,1-3H3;3,6H,1-2H3;/q-1;;/b;4-3-;/i;3D;. The molecule has 4 aromatic rings. The molecule has 0 amide bonds. The van der Waals surface area contributed by atoms with Gasteiger partial charge >= 0.3 is 0 Å². The van der Waals surface area contributed by atoms with Gasteiger partial charge in [-0.2, -0.15) is 0 Å². The minimum absolute atomic E-state index is 0. The minimum atomic E-state index is -0.412. The average Bonchev–Trinajstić information content (AvgIpc) is 2.76. The van der Waals surface area contributed by atoms with Crippen LogP contribution in [0, 0.1) is 13.0 Å². The van der Waals surface area contributed by atoms with Crippen molar-refractivity contribution in [3.63, 3.8) is 0 Å². The molecule has 165 valence electrons. The number of aliphatic hydroxyl groups is 1. The molecule has 0 saturated carbocycles. The summed E-state index contributed by atoms with van der Waals surface area (Å²) in [5.74, 6) is -0.637. The number of aryl methyl sites for hydroxylation is 1. The maximum atomic E-state index is 10.2. The van der Waals surface area contributed by atoms with Gasteiger partial charge in [-0.25, -0.2) is 0 Å². The minimum Gasteiger partial charge on any atom is -0.512 e. The van der Waals surface area contributed by atoms with E-state index in [4.69, 9.17) is 11.5 Å². The van der Waals surface area contributed by atoms with E-state index >= 15 is 0 Å². The fourth-order valence-corrected chi connectivity index (χ4v) is 4.39. The molecule has 3 aromatic carbocycles. The van der Waals surface area contributed by atoms with Gasteiger partial charge in [-0.05, 0) is 38.1 Å². The summed E-state index contributed by atoms with van der Waals surface area (Å²) >= 11 is 0. The number of aromatic nitrogens is 1. The van der Waals surface area contributed by atoms with Crippen LogP contribution < -0.4 is 0 Å². The number of carbonyl (C=O) groups is 1. The summed E-state index contributed by atoms with van der Waals surface area (Å²) in [5.41, 5.74) is 7.17. The van der Waals surface area contributed by atoms with Gasteiger partial charge in [-0.3, -0.25) is 9.78 Å². The van der Waals surface area contributed by atoms with Gasteiger partial charge < -0.3 is 5.11 Å². The molecule has 32 heavy (non-hydrogen) atoms. The molecule has 5 rings (SSSR count). The van der Waals surface area contributed by atoms with Crippen LogP contribution in [0.15, 0.2) is 66.4 Å². The SMILES string of the molecule is Cc1cccc2nc3c(cc12)C(C)(C)c1cccc2cc[c-]c-3c12.[2H]/C(C(C)=O)=C(\C)O.[Ir]. The van der Waals surface area contributed by atoms with E-state index in [1.165, 1.54) is 46.7 Å². The second-order valence-electron chi connectivity index (χ2n) is 8.54. The third-order valence-electron chi connectivity index (χ3n) is 5.85. The Labute approximate surface area is 204 Å². The van der Waals surface area contributed by atoms with E-state index in [0.717, 1.165) is 16.8 Å². The molecule has 0 atom stereocenters. The first-order valence-electron chi connectivity index (χ1n) is 10.9. The van der Waals surface area contributed by atoms with Gasteiger partial charge in [0.2, 0.25) is 0 Å². The Hall–Kier alpha value is -2.81. The molecule has 1 aromatic heterocycles. The maximum Gasteiger partial charge on any atom is 0.155 e. The zero-order chi connectivity index (χ0) is 23.2. The van der Waals surface area contributed by atoms with E-state index in [0.29, 0.717) is 0 Å². The molecule has 1 radical (unpaired) electrons. The summed E-state index contributed by atoms with van der Waals surface area (Å²) in [5, 5.41) is 12.3. The summed E-state index contributed by atoms with van der Waals surface area (Å²) in [7, 11) is 0. The normalized spacial score (nSPS) is 14.3. The van der Waals surface area contributed by atoms with Crippen molar-refractivity contribution < 1.29 is 31.4 Å². The zero-order valence-corrected chi connectivity index (χ0v) is 21.2.